The SMILES string of the molecule is O=C1C(=O)N(c2nc3ccccc3[nH]2)C(c2ccncc2)/C1=C(\O)c1ccc(Cl)c(Cl)c1. The topological polar surface area (TPSA) is 99.2 Å². The number of fused-ring (bicyclic) bond motifs is 1. The minimum absolute atomic E-state index is 0.0833. The number of aromatic amines is 1. The molecule has 0 saturated carbocycles. The molecule has 158 valence electrons. The van der Waals surface area contributed by atoms with Crippen LogP contribution in [-0.2, 0) is 9.59 Å². The van der Waals surface area contributed by atoms with E-state index in [0.29, 0.717) is 21.6 Å². The Morgan fingerprint density at radius 2 is 1.75 bits per heavy atom. The van der Waals surface area contributed by atoms with Crippen LogP contribution in [0.5, 0.6) is 0 Å². The van der Waals surface area contributed by atoms with Crippen molar-refractivity contribution in [1.82, 2.24) is 15.0 Å². The van der Waals surface area contributed by atoms with Gasteiger partial charge in [-0.3, -0.25) is 19.5 Å². The first-order valence-electron chi connectivity index (χ1n) is 9.57. The van der Waals surface area contributed by atoms with E-state index < -0.39 is 17.7 Å². The maximum absolute atomic E-state index is 13.1. The van der Waals surface area contributed by atoms with Crippen molar-refractivity contribution in [3.8, 4) is 0 Å². The van der Waals surface area contributed by atoms with E-state index in [-0.39, 0.29) is 27.9 Å². The lowest BCUT2D eigenvalue weighted by Gasteiger charge is -2.22. The highest BCUT2D eigenvalue weighted by Crippen LogP contribution is 2.42. The van der Waals surface area contributed by atoms with E-state index in [9.17, 15) is 14.7 Å². The number of pyridine rings is 1. The van der Waals surface area contributed by atoms with Crippen LogP contribution in [0, 0.1) is 0 Å². The maximum Gasteiger partial charge on any atom is 0.302 e. The van der Waals surface area contributed by atoms with Crippen LogP contribution < -0.4 is 4.90 Å². The lowest BCUT2D eigenvalue weighted by molar-refractivity contribution is -0.132. The number of carbonyl (C=O) groups excluding carboxylic acids is 2. The van der Waals surface area contributed by atoms with Gasteiger partial charge in [-0.05, 0) is 48.0 Å². The molecular formula is C23H14Cl2N4O3. The highest BCUT2D eigenvalue weighted by atomic mass is 35.5. The van der Waals surface area contributed by atoms with Crippen LogP contribution in [0.25, 0.3) is 16.8 Å². The Kier molecular flexibility index (Phi) is 4.92. The highest BCUT2D eigenvalue weighted by Gasteiger charge is 2.48. The summed E-state index contributed by atoms with van der Waals surface area (Å²) in [4.78, 5) is 39.1. The zero-order chi connectivity index (χ0) is 22.4. The first-order valence-corrected chi connectivity index (χ1v) is 10.3. The molecule has 1 fully saturated rings. The third-order valence-corrected chi connectivity index (χ3v) is 6.00. The molecule has 1 saturated heterocycles. The van der Waals surface area contributed by atoms with Gasteiger partial charge in [-0.15, -0.1) is 0 Å². The van der Waals surface area contributed by atoms with Gasteiger partial charge in [-0.1, -0.05) is 35.3 Å². The van der Waals surface area contributed by atoms with E-state index in [0.717, 1.165) is 0 Å². The maximum atomic E-state index is 13.1. The van der Waals surface area contributed by atoms with Gasteiger partial charge >= 0.3 is 5.91 Å². The summed E-state index contributed by atoms with van der Waals surface area (Å²) in [5, 5.41) is 11.6. The molecule has 0 bridgehead atoms. The Morgan fingerprint density at radius 3 is 2.47 bits per heavy atom. The molecule has 1 aliphatic heterocycles. The summed E-state index contributed by atoms with van der Waals surface area (Å²) in [7, 11) is 0. The fourth-order valence-electron chi connectivity index (χ4n) is 3.76. The molecule has 5 rings (SSSR count). The van der Waals surface area contributed by atoms with Crippen molar-refractivity contribution in [1.29, 1.82) is 0 Å². The molecule has 0 radical (unpaired) electrons. The summed E-state index contributed by atoms with van der Waals surface area (Å²) in [6, 6.07) is 14.2. The third-order valence-electron chi connectivity index (χ3n) is 5.26. The number of imidazole rings is 1. The summed E-state index contributed by atoms with van der Waals surface area (Å²) >= 11 is 12.1. The third kappa shape index (κ3) is 3.23. The number of amides is 1. The number of nitrogens with one attached hydrogen (secondary N) is 1. The van der Waals surface area contributed by atoms with Gasteiger partial charge in [-0.2, -0.15) is 0 Å². The molecular weight excluding hydrogens is 451 g/mol. The monoisotopic (exact) mass is 464 g/mol. The number of hydrogen-bond acceptors (Lipinski definition) is 5. The molecule has 3 heterocycles. The summed E-state index contributed by atoms with van der Waals surface area (Å²) in [5.41, 5.74) is 2.12. The molecule has 1 amide bonds. The van der Waals surface area contributed by atoms with Crippen LogP contribution in [0.1, 0.15) is 17.2 Å². The van der Waals surface area contributed by atoms with Gasteiger partial charge in [0.2, 0.25) is 5.95 Å². The number of ketones is 1. The number of H-pyrrole nitrogens is 1. The predicted octanol–water partition coefficient (Wildman–Crippen LogP) is 4.89. The van der Waals surface area contributed by atoms with Gasteiger partial charge in [0.1, 0.15) is 5.76 Å². The summed E-state index contributed by atoms with van der Waals surface area (Å²) in [5.74, 6) is -1.81. The number of para-hydroxylation sites is 2. The highest BCUT2D eigenvalue weighted by molar-refractivity contribution is 6.51. The molecule has 1 unspecified atom stereocenters. The van der Waals surface area contributed by atoms with Gasteiger partial charge in [0.25, 0.3) is 5.78 Å². The molecule has 0 aliphatic carbocycles. The quantitative estimate of drug-likeness (QED) is 0.255. The number of halogens is 2. The molecule has 0 spiro atoms. The minimum atomic E-state index is -0.923. The first kappa shape index (κ1) is 20.2. The number of rotatable bonds is 3. The molecule has 1 aliphatic rings. The fourth-order valence-corrected chi connectivity index (χ4v) is 4.06. The second-order valence-electron chi connectivity index (χ2n) is 7.16. The van der Waals surface area contributed by atoms with Crippen molar-refractivity contribution >= 4 is 57.6 Å². The van der Waals surface area contributed by atoms with Crippen LogP contribution >= 0.6 is 23.2 Å². The average Bonchev–Trinajstić information content (AvgIpc) is 3.34. The minimum Gasteiger partial charge on any atom is -0.507 e. The first-order chi connectivity index (χ1) is 15.5. The van der Waals surface area contributed by atoms with Gasteiger partial charge in [-0.25, -0.2) is 4.98 Å². The van der Waals surface area contributed by atoms with Crippen LogP contribution in [0.4, 0.5) is 5.95 Å². The summed E-state index contributed by atoms with van der Waals surface area (Å²) in [6.45, 7) is 0. The van der Waals surface area contributed by atoms with Crippen molar-refractivity contribution < 1.29 is 14.7 Å². The second kappa shape index (κ2) is 7.78. The number of aliphatic hydroxyl groups excluding tert-OH is 1. The smallest absolute Gasteiger partial charge is 0.302 e. The van der Waals surface area contributed by atoms with Crippen molar-refractivity contribution in [2.75, 3.05) is 4.90 Å². The lowest BCUT2D eigenvalue weighted by atomic mass is 9.96. The zero-order valence-electron chi connectivity index (χ0n) is 16.3. The molecule has 32 heavy (non-hydrogen) atoms. The molecule has 4 aromatic rings. The van der Waals surface area contributed by atoms with Crippen molar-refractivity contribution in [2.24, 2.45) is 0 Å². The molecule has 7 nitrogen and oxygen atoms in total. The van der Waals surface area contributed by atoms with Crippen LogP contribution in [-0.4, -0.2) is 31.7 Å². The average molecular weight is 465 g/mol. The number of nitrogens with zero attached hydrogens (tertiary/aromatic N) is 3. The Labute approximate surface area is 191 Å². The number of Topliss-reactive ketones (excluding diaryl/α,β-unsaturated/α-hetero) is 1. The summed E-state index contributed by atoms with van der Waals surface area (Å²) in [6.07, 6.45) is 3.10. The fraction of sp³-hybridized carbons (Fsp3) is 0.0435. The van der Waals surface area contributed by atoms with E-state index in [4.69, 9.17) is 23.2 Å². The zero-order valence-corrected chi connectivity index (χ0v) is 17.8. The van der Waals surface area contributed by atoms with Crippen molar-refractivity contribution in [2.45, 2.75) is 6.04 Å². The van der Waals surface area contributed by atoms with Gasteiger partial charge < -0.3 is 10.1 Å². The number of benzene rings is 2. The van der Waals surface area contributed by atoms with Crippen molar-refractivity contribution in [3.63, 3.8) is 0 Å². The molecule has 2 aromatic carbocycles. The van der Waals surface area contributed by atoms with Crippen LogP contribution in [0.3, 0.4) is 0 Å². The Bertz CT molecular complexity index is 1380. The standard InChI is InChI=1S/C23H14Cl2N4O3/c24-14-6-5-13(11-15(14)25)20(30)18-19(12-7-9-26-10-8-12)29(22(32)21(18)31)23-27-16-3-1-2-4-17(16)28-23/h1-11,19,30H,(H,27,28)/b20-18+. The van der Waals surface area contributed by atoms with Crippen molar-refractivity contribution in [3.05, 3.63) is 93.7 Å². The molecule has 1 atom stereocenters. The Balaban J connectivity index is 1.73. The van der Waals surface area contributed by atoms with Gasteiger partial charge in [0.05, 0.1) is 32.7 Å². The Morgan fingerprint density at radius 1 is 1.00 bits per heavy atom. The number of anilines is 1. The molecule has 2 aromatic heterocycles. The van der Waals surface area contributed by atoms with E-state index in [1.54, 1.807) is 30.6 Å². The van der Waals surface area contributed by atoms with E-state index in [2.05, 4.69) is 15.0 Å². The van der Waals surface area contributed by atoms with E-state index >= 15 is 0 Å². The normalized spacial score (nSPS) is 17.9. The summed E-state index contributed by atoms with van der Waals surface area (Å²) < 4.78 is 0. The Hall–Kier alpha value is -3.68. The van der Waals surface area contributed by atoms with E-state index in [1.807, 2.05) is 18.2 Å². The van der Waals surface area contributed by atoms with E-state index in [1.165, 1.54) is 23.1 Å². The largest absolute Gasteiger partial charge is 0.507 e. The second-order valence-corrected chi connectivity index (χ2v) is 7.97. The molecule has 9 heteroatoms. The predicted molar refractivity (Wildman–Crippen MR) is 122 cm³/mol. The molecule has 2 N–H and O–H groups in total. The number of aliphatic hydroxyl groups is 1. The number of hydrogen-bond donors (Lipinski definition) is 2. The van der Waals surface area contributed by atoms with Crippen LogP contribution in [0.2, 0.25) is 10.0 Å². The number of carbonyl (C=O) groups is 2. The van der Waals surface area contributed by atoms with Gasteiger partial charge in [0.15, 0.2) is 0 Å². The van der Waals surface area contributed by atoms with Crippen LogP contribution in [0.15, 0.2) is 72.6 Å². The lowest BCUT2D eigenvalue weighted by Crippen LogP contribution is -2.30. The number of aromatic nitrogens is 3. The van der Waals surface area contributed by atoms with Gasteiger partial charge in [0, 0.05) is 18.0 Å².